The number of benzene rings is 1. The largest absolute Gasteiger partial charge is 0.497 e. The van der Waals surface area contributed by atoms with E-state index in [1.807, 2.05) is 45.0 Å². The third kappa shape index (κ3) is 4.11. The Kier molecular flexibility index (Phi) is 4.73. The smallest absolute Gasteiger partial charge is 0.410 e. The summed E-state index contributed by atoms with van der Waals surface area (Å²) in [4.78, 5) is 14.2. The highest BCUT2D eigenvalue weighted by Gasteiger charge is 2.31. The summed E-state index contributed by atoms with van der Waals surface area (Å²) in [5.74, 6) is 0.794. The van der Waals surface area contributed by atoms with Crippen LogP contribution in [0.2, 0.25) is 0 Å². The van der Waals surface area contributed by atoms with Gasteiger partial charge in [0.25, 0.3) is 0 Å². The number of carbonyl (C=O) groups is 1. The van der Waals surface area contributed by atoms with Gasteiger partial charge in [0.2, 0.25) is 0 Å². The van der Waals surface area contributed by atoms with Crippen LogP contribution < -0.4 is 10.1 Å². The summed E-state index contributed by atoms with van der Waals surface area (Å²) in [6.07, 6.45) is -0.267. The van der Waals surface area contributed by atoms with Gasteiger partial charge in [-0.2, -0.15) is 0 Å². The maximum Gasteiger partial charge on any atom is 0.410 e. The first-order valence-electron chi connectivity index (χ1n) is 7.25. The van der Waals surface area contributed by atoms with Gasteiger partial charge in [0.05, 0.1) is 13.2 Å². The molecule has 21 heavy (non-hydrogen) atoms. The van der Waals surface area contributed by atoms with Gasteiger partial charge in [-0.3, -0.25) is 4.90 Å². The summed E-state index contributed by atoms with van der Waals surface area (Å²) < 4.78 is 10.8. The number of methoxy groups -OCH3 is 1. The van der Waals surface area contributed by atoms with Gasteiger partial charge < -0.3 is 14.8 Å². The zero-order valence-electron chi connectivity index (χ0n) is 13.2. The first-order valence-corrected chi connectivity index (χ1v) is 7.25. The second kappa shape index (κ2) is 6.35. The second-order valence-corrected chi connectivity index (χ2v) is 6.17. The first kappa shape index (κ1) is 15.6. The highest BCUT2D eigenvalue weighted by molar-refractivity contribution is 5.69. The number of nitrogens with zero attached hydrogens (tertiary/aromatic N) is 1. The summed E-state index contributed by atoms with van der Waals surface area (Å²) in [5, 5.41) is 3.33. The average Bonchev–Trinajstić information content (AvgIpc) is 2.45. The normalized spacial score (nSPS) is 19.2. The molecule has 1 aromatic carbocycles. The van der Waals surface area contributed by atoms with Crippen LogP contribution in [-0.4, -0.2) is 43.3 Å². The molecule has 0 spiro atoms. The van der Waals surface area contributed by atoms with Gasteiger partial charge in [-0.05, 0) is 38.5 Å². The molecular formula is C16H24N2O3. The van der Waals surface area contributed by atoms with Gasteiger partial charge in [0.1, 0.15) is 11.4 Å². The predicted molar refractivity (Wildman–Crippen MR) is 81.5 cm³/mol. The Balaban J connectivity index is 2.20. The van der Waals surface area contributed by atoms with E-state index in [4.69, 9.17) is 9.47 Å². The van der Waals surface area contributed by atoms with Crippen molar-refractivity contribution in [3.05, 3.63) is 29.8 Å². The molecule has 2 rings (SSSR count). The fourth-order valence-corrected chi connectivity index (χ4v) is 2.39. The van der Waals surface area contributed by atoms with Crippen molar-refractivity contribution in [1.29, 1.82) is 0 Å². The van der Waals surface area contributed by atoms with E-state index in [9.17, 15) is 4.79 Å². The van der Waals surface area contributed by atoms with Crippen molar-refractivity contribution < 1.29 is 14.3 Å². The SMILES string of the molecule is COc1cccc([C@H]2CNCCN2C(=O)OC(C)(C)C)c1. The monoisotopic (exact) mass is 292 g/mol. The first-order chi connectivity index (χ1) is 9.90. The van der Waals surface area contributed by atoms with Crippen LogP contribution in [-0.2, 0) is 4.74 Å². The Labute approximate surface area is 126 Å². The summed E-state index contributed by atoms with van der Waals surface area (Å²) in [6, 6.07) is 7.78. The lowest BCUT2D eigenvalue weighted by atomic mass is 10.0. The number of hydrogen-bond acceptors (Lipinski definition) is 4. The summed E-state index contributed by atoms with van der Waals surface area (Å²) in [6.45, 7) is 7.78. The van der Waals surface area contributed by atoms with Crippen molar-refractivity contribution in [3.8, 4) is 5.75 Å². The van der Waals surface area contributed by atoms with Crippen molar-refractivity contribution in [2.24, 2.45) is 0 Å². The fraction of sp³-hybridized carbons (Fsp3) is 0.562. The number of rotatable bonds is 2. The molecule has 1 aliphatic rings. The van der Waals surface area contributed by atoms with Crippen molar-refractivity contribution in [2.45, 2.75) is 32.4 Å². The lowest BCUT2D eigenvalue weighted by molar-refractivity contribution is 0.0118. The molecule has 1 aromatic rings. The van der Waals surface area contributed by atoms with E-state index in [0.29, 0.717) is 13.1 Å². The number of carbonyl (C=O) groups excluding carboxylic acids is 1. The molecule has 1 N–H and O–H groups in total. The van der Waals surface area contributed by atoms with Crippen LogP contribution in [0.25, 0.3) is 0 Å². The minimum atomic E-state index is -0.485. The van der Waals surface area contributed by atoms with Crippen LogP contribution in [0.3, 0.4) is 0 Å². The molecule has 1 aliphatic heterocycles. The van der Waals surface area contributed by atoms with Crippen LogP contribution in [0.1, 0.15) is 32.4 Å². The van der Waals surface area contributed by atoms with E-state index >= 15 is 0 Å². The molecule has 0 radical (unpaired) electrons. The van der Waals surface area contributed by atoms with Crippen LogP contribution in [0.4, 0.5) is 4.79 Å². The third-order valence-corrected chi connectivity index (χ3v) is 3.35. The average molecular weight is 292 g/mol. The molecule has 1 amide bonds. The molecule has 1 atom stereocenters. The van der Waals surface area contributed by atoms with Crippen LogP contribution in [0.15, 0.2) is 24.3 Å². The Morgan fingerprint density at radius 3 is 2.81 bits per heavy atom. The molecule has 0 unspecified atom stereocenters. The van der Waals surface area contributed by atoms with E-state index in [2.05, 4.69) is 5.32 Å². The zero-order chi connectivity index (χ0) is 15.5. The minimum absolute atomic E-state index is 0.0382. The van der Waals surface area contributed by atoms with Crippen molar-refractivity contribution >= 4 is 6.09 Å². The zero-order valence-corrected chi connectivity index (χ0v) is 13.2. The molecular weight excluding hydrogens is 268 g/mol. The van der Waals surface area contributed by atoms with Crippen LogP contribution in [0.5, 0.6) is 5.75 Å². The summed E-state index contributed by atoms with van der Waals surface area (Å²) in [7, 11) is 1.64. The van der Waals surface area contributed by atoms with Crippen molar-refractivity contribution in [3.63, 3.8) is 0 Å². The predicted octanol–water partition coefficient (Wildman–Crippen LogP) is 2.58. The van der Waals surface area contributed by atoms with E-state index in [1.54, 1.807) is 12.0 Å². The van der Waals surface area contributed by atoms with Crippen LogP contribution >= 0.6 is 0 Å². The fourth-order valence-electron chi connectivity index (χ4n) is 2.39. The van der Waals surface area contributed by atoms with E-state index in [0.717, 1.165) is 17.9 Å². The standard InChI is InChI=1S/C16H24N2O3/c1-16(2,3)21-15(19)18-9-8-17-11-14(18)12-6-5-7-13(10-12)20-4/h5-7,10,14,17H,8-9,11H2,1-4H3/t14-/m1/s1. The molecule has 0 saturated carbocycles. The molecule has 0 bridgehead atoms. The topological polar surface area (TPSA) is 50.8 Å². The lowest BCUT2D eigenvalue weighted by Crippen LogP contribution is -2.50. The summed E-state index contributed by atoms with van der Waals surface area (Å²) >= 11 is 0. The van der Waals surface area contributed by atoms with Crippen molar-refractivity contribution in [1.82, 2.24) is 10.2 Å². The van der Waals surface area contributed by atoms with Gasteiger partial charge in [-0.25, -0.2) is 4.79 Å². The van der Waals surface area contributed by atoms with Gasteiger partial charge in [0, 0.05) is 19.6 Å². The molecule has 116 valence electrons. The van der Waals surface area contributed by atoms with E-state index < -0.39 is 5.60 Å². The Bertz CT molecular complexity index is 497. The lowest BCUT2D eigenvalue weighted by Gasteiger charge is -2.37. The molecule has 0 aliphatic carbocycles. The Hall–Kier alpha value is -1.75. The van der Waals surface area contributed by atoms with E-state index in [-0.39, 0.29) is 12.1 Å². The number of nitrogens with one attached hydrogen (secondary N) is 1. The Morgan fingerprint density at radius 1 is 1.38 bits per heavy atom. The molecule has 1 saturated heterocycles. The summed E-state index contributed by atoms with van der Waals surface area (Å²) in [5.41, 5.74) is 0.563. The quantitative estimate of drug-likeness (QED) is 0.910. The third-order valence-electron chi connectivity index (χ3n) is 3.35. The maximum absolute atomic E-state index is 12.4. The van der Waals surface area contributed by atoms with Gasteiger partial charge >= 0.3 is 6.09 Å². The van der Waals surface area contributed by atoms with Gasteiger partial charge in [0.15, 0.2) is 0 Å². The highest BCUT2D eigenvalue weighted by Crippen LogP contribution is 2.27. The molecule has 1 fully saturated rings. The molecule has 0 aromatic heterocycles. The van der Waals surface area contributed by atoms with Gasteiger partial charge in [-0.1, -0.05) is 12.1 Å². The number of amides is 1. The minimum Gasteiger partial charge on any atom is -0.497 e. The Morgan fingerprint density at radius 2 is 2.14 bits per heavy atom. The number of piperazine rings is 1. The highest BCUT2D eigenvalue weighted by atomic mass is 16.6. The number of ether oxygens (including phenoxy) is 2. The van der Waals surface area contributed by atoms with Crippen LogP contribution in [0, 0.1) is 0 Å². The second-order valence-electron chi connectivity index (χ2n) is 6.17. The molecule has 5 nitrogen and oxygen atoms in total. The maximum atomic E-state index is 12.4. The van der Waals surface area contributed by atoms with E-state index in [1.165, 1.54) is 0 Å². The van der Waals surface area contributed by atoms with Gasteiger partial charge in [-0.15, -0.1) is 0 Å². The number of hydrogen-bond donors (Lipinski definition) is 1. The molecule has 1 heterocycles. The van der Waals surface area contributed by atoms with Crippen molar-refractivity contribution in [2.75, 3.05) is 26.7 Å². The molecule has 5 heteroatoms.